The minimum atomic E-state index is -1.06. The van der Waals surface area contributed by atoms with Gasteiger partial charge in [0, 0.05) is 31.1 Å². The number of hydrogen-bond donors (Lipinski definition) is 1. The summed E-state index contributed by atoms with van der Waals surface area (Å²) in [7, 11) is 0. The number of carbonyl (C=O) groups excluding carboxylic acids is 3. The first kappa shape index (κ1) is 26.3. The highest BCUT2D eigenvalue weighted by Gasteiger charge is 2.68. The highest BCUT2D eigenvalue weighted by Crippen LogP contribution is 2.63. The lowest BCUT2D eigenvalue weighted by Gasteiger charge is -2.60. The zero-order valence-corrected chi connectivity index (χ0v) is 22.5. The van der Waals surface area contributed by atoms with Gasteiger partial charge in [0.2, 0.25) is 0 Å². The summed E-state index contributed by atoms with van der Waals surface area (Å²) < 4.78 is 18.1. The van der Waals surface area contributed by atoms with Crippen molar-refractivity contribution >= 4 is 18.0 Å². The largest absolute Gasteiger partial charge is 0.463 e. The molecule has 0 radical (unpaired) electrons. The second kappa shape index (κ2) is 9.16. The van der Waals surface area contributed by atoms with E-state index in [-0.39, 0.29) is 41.0 Å². The molecule has 7 nitrogen and oxygen atoms in total. The Morgan fingerprint density at radius 1 is 1.11 bits per heavy atom. The van der Waals surface area contributed by atoms with Gasteiger partial charge in [0.25, 0.3) is 0 Å². The number of hydrogen-bond acceptors (Lipinski definition) is 7. The van der Waals surface area contributed by atoms with Gasteiger partial charge in [-0.1, -0.05) is 20.8 Å². The van der Waals surface area contributed by atoms with Crippen LogP contribution in [-0.2, 0) is 28.6 Å². The van der Waals surface area contributed by atoms with Crippen molar-refractivity contribution in [3.63, 3.8) is 0 Å². The highest BCUT2D eigenvalue weighted by molar-refractivity contribution is 5.89. The van der Waals surface area contributed by atoms with E-state index in [1.54, 1.807) is 0 Å². The minimum absolute atomic E-state index is 0.0501. The molecule has 202 valence electrons. The molecule has 2 saturated heterocycles. The van der Waals surface area contributed by atoms with Gasteiger partial charge in [-0.05, 0) is 75.0 Å². The SMILES string of the molecule is CC(=O)O[C@H]1CC[C@@]2(C)C(CC[C@H]3C(=O)[C@@](C)([C@@H]4[C@H](C=O)O[C@]5(CC[C@H](C)CO5)[C@H]4C)[C@@H](O)C[C@@H]32)C1. The average Bonchev–Trinajstić information content (AvgIpc) is 3.11. The monoisotopic (exact) mass is 504 g/mol. The maximum Gasteiger partial charge on any atom is 0.302 e. The number of esters is 1. The molecule has 0 bridgehead atoms. The molecule has 3 aliphatic carbocycles. The van der Waals surface area contributed by atoms with Crippen molar-refractivity contribution in [3.8, 4) is 0 Å². The maximum absolute atomic E-state index is 14.4. The van der Waals surface area contributed by atoms with E-state index >= 15 is 0 Å². The van der Waals surface area contributed by atoms with Crippen molar-refractivity contribution in [1.29, 1.82) is 0 Å². The van der Waals surface area contributed by atoms with Gasteiger partial charge in [-0.15, -0.1) is 0 Å². The van der Waals surface area contributed by atoms with E-state index < -0.39 is 29.3 Å². The molecule has 1 spiro atoms. The van der Waals surface area contributed by atoms with Gasteiger partial charge < -0.3 is 24.1 Å². The second-order valence-corrected chi connectivity index (χ2v) is 13.2. The lowest BCUT2D eigenvalue weighted by atomic mass is 9.44. The summed E-state index contributed by atoms with van der Waals surface area (Å²) in [6.45, 7) is 10.4. The predicted octanol–water partition coefficient (Wildman–Crippen LogP) is 4.08. The van der Waals surface area contributed by atoms with Crippen LogP contribution in [0.2, 0.25) is 0 Å². The maximum atomic E-state index is 14.4. The number of aliphatic hydroxyl groups is 1. The van der Waals surface area contributed by atoms with Crippen LogP contribution < -0.4 is 0 Å². The fourth-order valence-corrected chi connectivity index (χ4v) is 9.16. The number of ether oxygens (including phenoxy) is 3. The first-order valence-electron chi connectivity index (χ1n) is 14.1. The van der Waals surface area contributed by atoms with Crippen LogP contribution in [0.25, 0.3) is 0 Å². The molecule has 2 aliphatic heterocycles. The Balaban J connectivity index is 1.41. The standard InChI is InChI=1S/C29H44O7/c1-16-8-11-29(34-15-16)17(2)25(23(14-30)36-29)28(5)24(32)13-22-21(26(28)33)7-6-19-12-20(35-18(3)31)9-10-27(19,22)4/h14,16-17,19-25,32H,6-13,15H2,1-5H3/t16-,17-,19?,20-,21+,22-,23-,24-,25-,27-,28+,29+/m0/s1. The fourth-order valence-electron chi connectivity index (χ4n) is 9.16. The lowest BCUT2D eigenvalue weighted by Crippen LogP contribution is -2.62. The molecule has 5 aliphatic rings. The molecule has 5 rings (SSSR count). The smallest absolute Gasteiger partial charge is 0.302 e. The fraction of sp³-hybridized carbons (Fsp3) is 0.897. The Morgan fingerprint density at radius 3 is 2.50 bits per heavy atom. The van der Waals surface area contributed by atoms with Crippen LogP contribution >= 0.6 is 0 Å². The van der Waals surface area contributed by atoms with E-state index in [1.165, 1.54) is 6.92 Å². The predicted molar refractivity (Wildman–Crippen MR) is 132 cm³/mol. The summed E-state index contributed by atoms with van der Waals surface area (Å²) in [5, 5.41) is 11.7. The highest BCUT2D eigenvalue weighted by atomic mass is 16.7. The van der Waals surface area contributed by atoms with Gasteiger partial charge in [-0.25, -0.2) is 0 Å². The number of aliphatic hydroxyl groups excluding tert-OH is 1. The zero-order valence-electron chi connectivity index (χ0n) is 22.5. The minimum Gasteiger partial charge on any atom is -0.463 e. The van der Waals surface area contributed by atoms with Crippen molar-refractivity contribution in [2.75, 3.05) is 6.61 Å². The molecule has 0 aromatic rings. The van der Waals surface area contributed by atoms with Crippen molar-refractivity contribution in [1.82, 2.24) is 0 Å². The van der Waals surface area contributed by atoms with Crippen LogP contribution in [0.3, 0.4) is 0 Å². The molecule has 7 heteroatoms. The van der Waals surface area contributed by atoms with Gasteiger partial charge in [0.15, 0.2) is 5.79 Å². The summed E-state index contributed by atoms with van der Waals surface area (Å²) in [4.78, 5) is 38.2. The molecule has 36 heavy (non-hydrogen) atoms. The Labute approximate surface area is 215 Å². The Kier molecular flexibility index (Phi) is 6.69. The number of Topliss-reactive ketones (excluding diaryl/α,β-unsaturated/α-hetero) is 1. The van der Waals surface area contributed by atoms with Gasteiger partial charge in [-0.3, -0.25) is 9.59 Å². The third kappa shape index (κ3) is 3.82. The third-order valence-electron chi connectivity index (χ3n) is 11.4. The molecule has 0 aromatic heterocycles. The normalized spacial score (nSPS) is 52.9. The molecule has 0 amide bonds. The number of ketones is 1. The molecule has 2 heterocycles. The Bertz CT molecular complexity index is 894. The molecule has 1 N–H and O–H groups in total. The van der Waals surface area contributed by atoms with E-state index in [0.717, 1.165) is 44.8 Å². The summed E-state index contributed by atoms with van der Waals surface area (Å²) in [6, 6.07) is 0. The summed E-state index contributed by atoms with van der Waals surface area (Å²) in [5.41, 5.74) is -1.12. The van der Waals surface area contributed by atoms with E-state index in [9.17, 15) is 19.5 Å². The van der Waals surface area contributed by atoms with E-state index in [1.807, 2.05) is 13.8 Å². The number of fused-ring (bicyclic) bond motifs is 3. The van der Waals surface area contributed by atoms with Crippen LogP contribution in [0, 0.1) is 46.3 Å². The third-order valence-corrected chi connectivity index (χ3v) is 11.4. The molecular formula is C29H44O7. The van der Waals surface area contributed by atoms with Crippen molar-refractivity contribution in [2.45, 2.75) is 110 Å². The van der Waals surface area contributed by atoms with E-state index in [4.69, 9.17) is 14.2 Å². The van der Waals surface area contributed by atoms with Gasteiger partial charge >= 0.3 is 5.97 Å². The van der Waals surface area contributed by atoms with Gasteiger partial charge in [-0.2, -0.15) is 0 Å². The number of rotatable bonds is 3. The van der Waals surface area contributed by atoms with Crippen LogP contribution in [0.5, 0.6) is 0 Å². The molecule has 1 unspecified atom stereocenters. The van der Waals surface area contributed by atoms with Crippen molar-refractivity contribution < 1.29 is 33.7 Å². The quantitative estimate of drug-likeness (QED) is 0.457. The summed E-state index contributed by atoms with van der Waals surface area (Å²) in [6.07, 6.45) is 5.60. The van der Waals surface area contributed by atoms with Crippen molar-refractivity contribution in [2.24, 2.45) is 46.3 Å². The number of aldehydes is 1. The molecule has 5 fully saturated rings. The zero-order chi connectivity index (χ0) is 26.0. The van der Waals surface area contributed by atoms with E-state index in [0.29, 0.717) is 31.3 Å². The van der Waals surface area contributed by atoms with Gasteiger partial charge in [0.1, 0.15) is 24.3 Å². The molecule has 12 atom stereocenters. The van der Waals surface area contributed by atoms with Crippen LogP contribution in [0.15, 0.2) is 0 Å². The van der Waals surface area contributed by atoms with E-state index in [2.05, 4.69) is 13.8 Å². The topological polar surface area (TPSA) is 99.1 Å². The first-order valence-corrected chi connectivity index (χ1v) is 14.1. The van der Waals surface area contributed by atoms with Crippen LogP contribution in [0.4, 0.5) is 0 Å². The number of carbonyl (C=O) groups is 3. The first-order chi connectivity index (χ1) is 17.0. The molecule has 3 saturated carbocycles. The van der Waals surface area contributed by atoms with Gasteiger partial charge in [0.05, 0.1) is 18.1 Å². The average molecular weight is 505 g/mol. The Hall–Kier alpha value is -1.31. The molecular weight excluding hydrogens is 460 g/mol. The van der Waals surface area contributed by atoms with Crippen LogP contribution in [0.1, 0.15) is 86.0 Å². The van der Waals surface area contributed by atoms with Crippen LogP contribution in [-0.4, -0.2) is 53.9 Å². The second-order valence-electron chi connectivity index (χ2n) is 13.2. The summed E-state index contributed by atoms with van der Waals surface area (Å²) >= 11 is 0. The summed E-state index contributed by atoms with van der Waals surface area (Å²) in [5.74, 6) is -0.815. The lowest BCUT2D eigenvalue weighted by molar-refractivity contribution is -0.265. The molecule has 0 aromatic carbocycles. The van der Waals surface area contributed by atoms with Crippen molar-refractivity contribution in [3.05, 3.63) is 0 Å². The Morgan fingerprint density at radius 2 is 1.86 bits per heavy atom.